The van der Waals surface area contributed by atoms with Gasteiger partial charge in [-0.2, -0.15) is 0 Å². The molecule has 0 bridgehead atoms. The number of aliphatic hydroxyl groups is 1. The average molecular weight is 262 g/mol. The Morgan fingerprint density at radius 1 is 1.62 bits per heavy atom. The molecule has 1 aromatic rings. The Balaban J connectivity index is 2.30. The summed E-state index contributed by atoms with van der Waals surface area (Å²) in [6.45, 7) is 1.20. The van der Waals surface area contributed by atoms with Crippen LogP contribution >= 0.6 is 27.3 Å². The molecule has 0 aromatic carbocycles. The summed E-state index contributed by atoms with van der Waals surface area (Å²) in [7, 11) is 0. The second-order valence-electron chi connectivity index (χ2n) is 3.37. The maximum atomic E-state index is 9.41. The molecular formula is C9H12BrNOS. The molecule has 2 nitrogen and oxygen atoms in total. The lowest BCUT2D eigenvalue weighted by atomic mass is 9.97. The molecule has 2 rings (SSSR count). The normalized spacial score (nSPS) is 28.2. The SMILES string of the molecule is OCC1(c2ccc(Br)s2)CCCN1. The minimum Gasteiger partial charge on any atom is -0.394 e. The second kappa shape index (κ2) is 3.69. The Kier molecular flexibility index (Phi) is 2.74. The van der Waals surface area contributed by atoms with Crippen molar-refractivity contribution in [3.05, 3.63) is 20.8 Å². The predicted octanol–water partition coefficient (Wildman–Crippen LogP) is 2.08. The second-order valence-corrected chi connectivity index (χ2v) is 5.84. The van der Waals surface area contributed by atoms with Crippen LogP contribution in [-0.2, 0) is 5.54 Å². The van der Waals surface area contributed by atoms with Crippen LogP contribution in [0.2, 0.25) is 0 Å². The highest BCUT2D eigenvalue weighted by molar-refractivity contribution is 9.11. The molecule has 1 aliphatic rings. The van der Waals surface area contributed by atoms with Gasteiger partial charge in [0.15, 0.2) is 0 Å². The fraction of sp³-hybridized carbons (Fsp3) is 0.556. The molecule has 0 amide bonds. The van der Waals surface area contributed by atoms with Crippen molar-refractivity contribution in [2.24, 2.45) is 0 Å². The molecule has 13 heavy (non-hydrogen) atoms. The lowest BCUT2D eigenvalue weighted by Gasteiger charge is -2.25. The van der Waals surface area contributed by atoms with Crippen LogP contribution in [0.1, 0.15) is 17.7 Å². The molecule has 2 N–H and O–H groups in total. The molecule has 1 aromatic heterocycles. The van der Waals surface area contributed by atoms with Gasteiger partial charge in [-0.1, -0.05) is 0 Å². The zero-order chi connectivity index (χ0) is 9.31. The van der Waals surface area contributed by atoms with E-state index in [4.69, 9.17) is 0 Å². The molecule has 1 atom stereocenters. The Bertz CT molecular complexity index is 294. The minimum absolute atomic E-state index is 0.156. The van der Waals surface area contributed by atoms with Crippen LogP contribution < -0.4 is 5.32 Å². The standard InChI is InChI=1S/C9H12BrNOS/c10-8-3-2-7(13-8)9(6-12)4-1-5-11-9/h2-3,11-12H,1,4-6H2. The number of halogens is 1. The van der Waals surface area contributed by atoms with Crippen molar-refractivity contribution in [2.45, 2.75) is 18.4 Å². The molecule has 0 spiro atoms. The zero-order valence-corrected chi connectivity index (χ0v) is 9.62. The summed E-state index contributed by atoms with van der Waals surface area (Å²) in [6, 6.07) is 4.13. The molecule has 0 saturated carbocycles. The van der Waals surface area contributed by atoms with Crippen LogP contribution in [0.5, 0.6) is 0 Å². The van der Waals surface area contributed by atoms with E-state index in [0.717, 1.165) is 23.2 Å². The summed E-state index contributed by atoms with van der Waals surface area (Å²) in [6.07, 6.45) is 2.19. The van der Waals surface area contributed by atoms with Crippen LogP contribution in [0, 0.1) is 0 Å². The first kappa shape index (κ1) is 9.65. The van der Waals surface area contributed by atoms with E-state index in [-0.39, 0.29) is 12.1 Å². The first-order valence-corrected chi connectivity index (χ1v) is 5.99. The number of aliphatic hydroxyl groups excluding tert-OH is 1. The summed E-state index contributed by atoms with van der Waals surface area (Å²) in [4.78, 5) is 1.24. The number of thiophene rings is 1. The van der Waals surface area contributed by atoms with Crippen molar-refractivity contribution in [3.8, 4) is 0 Å². The molecule has 4 heteroatoms. The molecule has 1 saturated heterocycles. The highest BCUT2D eigenvalue weighted by Gasteiger charge is 2.35. The van der Waals surface area contributed by atoms with Crippen molar-refractivity contribution >= 4 is 27.3 Å². The van der Waals surface area contributed by atoms with E-state index < -0.39 is 0 Å². The summed E-state index contributed by atoms with van der Waals surface area (Å²) in [5, 5.41) is 12.8. The highest BCUT2D eigenvalue weighted by Crippen LogP contribution is 2.36. The quantitative estimate of drug-likeness (QED) is 0.855. The van der Waals surface area contributed by atoms with Gasteiger partial charge in [0, 0.05) is 4.88 Å². The molecule has 72 valence electrons. The Morgan fingerprint density at radius 3 is 2.92 bits per heavy atom. The molecule has 1 fully saturated rings. The van der Waals surface area contributed by atoms with E-state index in [1.165, 1.54) is 4.88 Å². The molecular weight excluding hydrogens is 250 g/mol. The summed E-state index contributed by atoms with van der Waals surface area (Å²) >= 11 is 5.14. The van der Waals surface area contributed by atoms with Crippen LogP contribution in [0.4, 0.5) is 0 Å². The maximum absolute atomic E-state index is 9.41. The van der Waals surface area contributed by atoms with Gasteiger partial charge in [-0.3, -0.25) is 0 Å². The van der Waals surface area contributed by atoms with Gasteiger partial charge in [-0.05, 0) is 47.4 Å². The van der Waals surface area contributed by atoms with E-state index in [1.54, 1.807) is 11.3 Å². The van der Waals surface area contributed by atoms with E-state index in [9.17, 15) is 5.11 Å². The fourth-order valence-corrected chi connectivity index (χ4v) is 3.37. The van der Waals surface area contributed by atoms with Gasteiger partial charge in [-0.25, -0.2) is 0 Å². The highest BCUT2D eigenvalue weighted by atomic mass is 79.9. The zero-order valence-electron chi connectivity index (χ0n) is 7.22. The van der Waals surface area contributed by atoms with Gasteiger partial charge in [-0.15, -0.1) is 11.3 Å². The Hall–Kier alpha value is 0.1000. The van der Waals surface area contributed by atoms with Gasteiger partial charge < -0.3 is 10.4 Å². The number of hydrogen-bond donors (Lipinski definition) is 2. The Labute approximate surface area is 90.1 Å². The van der Waals surface area contributed by atoms with Gasteiger partial charge in [0.05, 0.1) is 15.9 Å². The van der Waals surface area contributed by atoms with Crippen LogP contribution in [0.3, 0.4) is 0 Å². The maximum Gasteiger partial charge on any atom is 0.0763 e. The third-order valence-corrected chi connectivity index (χ3v) is 4.39. The molecule has 1 unspecified atom stereocenters. The third-order valence-electron chi connectivity index (χ3n) is 2.56. The summed E-state index contributed by atoms with van der Waals surface area (Å²) in [5.41, 5.74) is -0.156. The van der Waals surface area contributed by atoms with E-state index in [1.807, 2.05) is 6.07 Å². The van der Waals surface area contributed by atoms with Crippen molar-refractivity contribution in [3.63, 3.8) is 0 Å². The topological polar surface area (TPSA) is 32.3 Å². The molecule has 1 aliphatic heterocycles. The van der Waals surface area contributed by atoms with Crippen molar-refractivity contribution in [2.75, 3.05) is 13.2 Å². The third kappa shape index (κ3) is 1.68. The molecule has 2 heterocycles. The summed E-state index contributed by atoms with van der Waals surface area (Å²) in [5.74, 6) is 0. The predicted molar refractivity (Wildman–Crippen MR) is 58.0 cm³/mol. The van der Waals surface area contributed by atoms with Gasteiger partial charge >= 0.3 is 0 Å². The van der Waals surface area contributed by atoms with Gasteiger partial charge in [0.25, 0.3) is 0 Å². The summed E-state index contributed by atoms with van der Waals surface area (Å²) < 4.78 is 1.13. The lowest BCUT2D eigenvalue weighted by Crippen LogP contribution is -2.39. The smallest absolute Gasteiger partial charge is 0.0763 e. The largest absolute Gasteiger partial charge is 0.394 e. The lowest BCUT2D eigenvalue weighted by molar-refractivity contribution is 0.181. The molecule has 0 radical (unpaired) electrons. The van der Waals surface area contributed by atoms with Gasteiger partial charge in [0.1, 0.15) is 0 Å². The fourth-order valence-electron chi connectivity index (χ4n) is 1.80. The van der Waals surface area contributed by atoms with Crippen molar-refractivity contribution < 1.29 is 5.11 Å². The van der Waals surface area contributed by atoms with Crippen LogP contribution in [0.25, 0.3) is 0 Å². The van der Waals surface area contributed by atoms with E-state index >= 15 is 0 Å². The minimum atomic E-state index is -0.156. The monoisotopic (exact) mass is 261 g/mol. The Morgan fingerprint density at radius 2 is 2.46 bits per heavy atom. The average Bonchev–Trinajstić information content (AvgIpc) is 2.73. The first-order valence-electron chi connectivity index (χ1n) is 4.38. The first-order chi connectivity index (χ1) is 6.27. The van der Waals surface area contributed by atoms with Gasteiger partial charge in [0.2, 0.25) is 0 Å². The molecule has 0 aliphatic carbocycles. The van der Waals surface area contributed by atoms with E-state index in [0.29, 0.717) is 0 Å². The van der Waals surface area contributed by atoms with Crippen molar-refractivity contribution in [1.29, 1.82) is 0 Å². The van der Waals surface area contributed by atoms with Crippen molar-refractivity contribution in [1.82, 2.24) is 5.32 Å². The number of rotatable bonds is 2. The van der Waals surface area contributed by atoms with E-state index in [2.05, 4.69) is 27.3 Å². The number of hydrogen-bond acceptors (Lipinski definition) is 3. The van der Waals surface area contributed by atoms with Crippen LogP contribution in [-0.4, -0.2) is 18.3 Å². The number of nitrogens with one attached hydrogen (secondary N) is 1. The van der Waals surface area contributed by atoms with Crippen LogP contribution in [0.15, 0.2) is 15.9 Å².